The number of H-pyrrole nitrogens is 1. The first-order chi connectivity index (χ1) is 7.13. The van der Waals surface area contributed by atoms with Gasteiger partial charge >= 0.3 is 0 Å². The van der Waals surface area contributed by atoms with Crippen molar-refractivity contribution in [1.29, 1.82) is 5.26 Å². The van der Waals surface area contributed by atoms with Crippen molar-refractivity contribution < 1.29 is 4.79 Å². The van der Waals surface area contributed by atoms with Crippen molar-refractivity contribution in [3.8, 4) is 6.07 Å². The van der Waals surface area contributed by atoms with Gasteiger partial charge in [0.05, 0.1) is 5.33 Å². The summed E-state index contributed by atoms with van der Waals surface area (Å²) in [6.07, 6.45) is 0.551. The molecule has 1 rings (SSSR count). The third-order valence-electron chi connectivity index (χ3n) is 2.02. The Balaban J connectivity index is 3.43. The van der Waals surface area contributed by atoms with E-state index < -0.39 is 5.56 Å². The Morgan fingerprint density at radius 1 is 1.67 bits per heavy atom. The van der Waals surface area contributed by atoms with Crippen molar-refractivity contribution in [3.05, 3.63) is 33.2 Å². The van der Waals surface area contributed by atoms with Crippen molar-refractivity contribution >= 4 is 21.7 Å². The molecule has 0 aliphatic rings. The molecule has 0 saturated carbocycles. The van der Waals surface area contributed by atoms with Gasteiger partial charge in [-0.3, -0.25) is 9.59 Å². The van der Waals surface area contributed by atoms with Crippen LogP contribution in [0.5, 0.6) is 0 Å². The minimum atomic E-state index is -0.444. The summed E-state index contributed by atoms with van der Waals surface area (Å²) in [5.41, 5.74) is 0.506. The quantitative estimate of drug-likeness (QED) is 0.665. The van der Waals surface area contributed by atoms with Crippen LogP contribution >= 0.6 is 15.9 Å². The third kappa shape index (κ3) is 2.34. The van der Waals surface area contributed by atoms with Crippen LogP contribution in [-0.2, 0) is 6.42 Å². The van der Waals surface area contributed by atoms with Crippen LogP contribution in [0.15, 0.2) is 10.9 Å². The molecule has 1 aromatic heterocycles. The fourth-order valence-electron chi connectivity index (χ4n) is 1.25. The van der Waals surface area contributed by atoms with Crippen LogP contribution in [0.25, 0.3) is 0 Å². The maximum Gasteiger partial charge on any atom is 0.266 e. The minimum Gasteiger partial charge on any atom is -0.324 e. The predicted molar refractivity (Wildman–Crippen MR) is 59.3 cm³/mol. The summed E-state index contributed by atoms with van der Waals surface area (Å²) < 4.78 is 0. The van der Waals surface area contributed by atoms with E-state index >= 15 is 0 Å². The van der Waals surface area contributed by atoms with E-state index in [1.807, 2.05) is 6.92 Å². The van der Waals surface area contributed by atoms with Gasteiger partial charge in [-0.05, 0) is 12.5 Å². The number of alkyl halides is 1. The Morgan fingerprint density at radius 2 is 2.33 bits per heavy atom. The number of carbonyl (C=O) groups is 1. The second-order valence-electron chi connectivity index (χ2n) is 2.93. The molecule has 0 fully saturated rings. The molecule has 78 valence electrons. The number of pyridine rings is 1. The SMILES string of the molecule is CCc1[nH]c(=O)c(C#N)cc1C(=O)CBr. The molecule has 0 unspecified atom stereocenters. The zero-order valence-corrected chi connectivity index (χ0v) is 9.72. The highest BCUT2D eigenvalue weighted by Crippen LogP contribution is 2.09. The molecule has 0 bridgehead atoms. The summed E-state index contributed by atoms with van der Waals surface area (Å²) in [6, 6.07) is 3.10. The number of halogens is 1. The highest BCUT2D eigenvalue weighted by atomic mass is 79.9. The number of carbonyl (C=O) groups excluding carboxylic acids is 1. The van der Waals surface area contributed by atoms with E-state index in [2.05, 4.69) is 20.9 Å². The van der Waals surface area contributed by atoms with E-state index in [1.165, 1.54) is 6.07 Å². The lowest BCUT2D eigenvalue weighted by atomic mass is 10.1. The van der Waals surface area contributed by atoms with Gasteiger partial charge in [0, 0.05) is 11.3 Å². The molecular formula is C10H9BrN2O2. The molecule has 0 atom stereocenters. The number of aromatic amines is 1. The highest BCUT2D eigenvalue weighted by molar-refractivity contribution is 9.09. The van der Waals surface area contributed by atoms with Gasteiger partial charge in [-0.15, -0.1) is 0 Å². The molecule has 0 saturated heterocycles. The van der Waals surface area contributed by atoms with E-state index in [0.29, 0.717) is 17.7 Å². The molecule has 0 spiro atoms. The normalized spacial score (nSPS) is 9.67. The van der Waals surface area contributed by atoms with Crippen LogP contribution in [0, 0.1) is 11.3 Å². The monoisotopic (exact) mass is 268 g/mol. The summed E-state index contributed by atoms with van der Waals surface area (Å²) >= 11 is 3.06. The number of rotatable bonds is 3. The van der Waals surface area contributed by atoms with Crippen molar-refractivity contribution in [1.82, 2.24) is 4.98 Å². The number of nitrogens with zero attached hydrogens (tertiary/aromatic N) is 1. The van der Waals surface area contributed by atoms with Gasteiger partial charge in [-0.25, -0.2) is 0 Å². The Morgan fingerprint density at radius 3 is 2.80 bits per heavy atom. The van der Waals surface area contributed by atoms with Crippen molar-refractivity contribution in [2.75, 3.05) is 5.33 Å². The lowest BCUT2D eigenvalue weighted by Gasteiger charge is -2.04. The van der Waals surface area contributed by atoms with Crippen LogP contribution in [0.2, 0.25) is 0 Å². The van der Waals surface area contributed by atoms with Gasteiger partial charge in [0.25, 0.3) is 5.56 Å². The van der Waals surface area contributed by atoms with Gasteiger partial charge in [0.15, 0.2) is 5.78 Å². The van der Waals surface area contributed by atoms with Crippen LogP contribution in [0.3, 0.4) is 0 Å². The van der Waals surface area contributed by atoms with E-state index in [1.54, 1.807) is 6.07 Å². The Labute approximate surface area is 95.1 Å². The minimum absolute atomic E-state index is 0.0310. The number of ketones is 1. The van der Waals surface area contributed by atoms with Crippen LogP contribution in [0.4, 0.5) is 0 Å². The van der Waals surface area contributed by atoms with Crippen molar-refractivity contribution in [2.24, 2.45) is 0 Å². The number of hydrogen-bond donors (Lipinski definition) is 1. The number of nitrogens with one attached hydrogen (secondary N) is 1. The van der Waals surface area contributed by atoms with Gasteiger partial charge < -0.3 is 4.98 Å². The summed E-state index contributed by atoms with van der Waals surface area (Å²) in [6.45, 7) is 1.84. The average Bonchev–Trinajstić information content (AvgIpc) is 2.27. The van der Waals surface area contributed by atoms with E-state index in [4.69, 9.17) is 5.26 Å². The van der Waals surface area contributed by atoms with Crippen LogP contribution in [0.1, 0.15) is 28.5 Å². The summed E-state index contributed by atoms with van der Waals surface area (Å²) in [4.78, 5) is 25.3. The zero-order chi connectivity index (χ0) is 11.4. The fourth-order valence-corrected chi connectivity index (χ4v) is 1.55. The first kappa shape index (κ1) is 11.7. The molecule has 0 aromatic carbocycles. The van der Waals surface area contributed by atoms with E-state index in [0.717, 1.165) is 0 Å². The Hall–Kier alpha value is -1.41. The molecule has 0 radical (unpaired) electrons. The standard InChI is InChI=1S/C10H9BrN2O2/c1-2-8-7(9(14)4-11)3-6(5-12)10(15)13-8/h3H,2,4H2,1H3,(H,13,15). The average molecular weight is 269 g/mol. The second kappa shape index (κ2) is 4.89. The predicted octanol–water partition coefficient (Wildman–Crippen LogP) is 1.39. The van der Waals surface area contributed by atoms with Gasteiger partial charge in [-0.2, -0.15) is 5.26 Å². The Kier molecular flexibility index (Phi) is 3.81. The number of Topliss-reactive ketones (excluding diaryl/α,β-unsaturated/α-hetero) is 1. The summed E-state index contributed by atoms with van der Waals surface area (Å²) in [7, 11) is 0. The molecule has 1 N–H and O–H groups in total. The second-order valence-corrected chi connectivity index (χ2v) is 3.49. The number of nitriles is 1. The third-order valence-corrected chi connectivity index (χ3v) is 2.53. The number of aryl methyl sites for hydroxylation is 1. The van der Waals surface area contributed by atoms with E-state index in [9.17, 15) is 9.59 Å². The molecular weight excluding hydrogens is 260 g/mol. The van der Waals surface area contributed by atoms with Gasteiger partial charge in [0.2, 0.25) is 0 Å². The topological polar surface area (TPSA) is 73.7 Å². The molecule has 0 amide bonds. The zero-order valence-electron chi connectivity index (χ0n) is 8.13. The maximum atomic E-state index is 11.5. The lowest BCUT2D eigenvalue weighted by molar-refractivity contribution is 0.102. The van der Waals surface area contributed by atoms with Crippen LogP contribution < -0.4 is 5.56 Å². The van der Waals surface area contributed by atoms with Gasteiger partial charge in [-0.1, -0.05) is 22.9 Å². The first-order valence-corrected chi connectivity index (χ1v) is 5.51. The van der Waals surface area contributed by atoms with Gasteiger partial charge in [0.1, 0.15) is 11.6 Å². The lowest BCUT2D eigenvalue weighted by Crippen LogP contribution is -2.17. The number of aromatic nitrogens is 1. The molecule has 0 aliphatic heterocycles. The number of hydrogen-bond acceptors (Lipinski definition) is 3. The highest BCUT2D eigenvalue weighted by Gasteiger charge is 2.12. The summed E-state index contributed by atoms with van der Waals surface area (Å²) in [5.74, 6) is -0.139. The molecule has 1 aromatic rings. The summed E-state index contributed by atoms with van der Waals surface area (Å²) in [5, 5.41) is 8.85. The van der Waals surface area contributed by atoms with Crippen molar-refractivity contribution in [3.63, 3.8) is 0 Å². The molecule has 5 heteroatoms. The molecule has 1 heterocycles. The van der Waals surface area contributed by atoms with Crippen LogP contribution in [-0.4, -0.2) is 16.1 Å². The molecule has 0 aliphatic carbocycles. The first-order valence-electron chi connectivity index (χ1n) is 4.39. The smallest absolute Gasteiger partial charge is 0.266 e. The maximum absolute atomic E-state index is 11.5. The van der Waals surface area contributed by atoms with E-state index in [-0.39, 0.29) is 16.7 Å². The molecule has 15 heavy (non-hydrogen) atoms. The largest absolute Gasteiger partial charge is 0.324 e. The molecule has 4 nitrogen and oxygen atoms in total. The van der Waals surface area contributed by atoms with Crippen molar-refractivity contribution in [2.45, 2.75) is 13.3 Å². The Bertz CT molecular complexity index is 485. The fraction of sp³-hybridized carbons (Fsp3) is 0.300.